The molecule has 0 amide bonds. The summed E-state index contributed by atoms with van der Waals surface area (Å²) in [6.45, 7) is 3.87. The second-order valence-electron chi connectivity index (χ2n) is 4.87. The highest BCUT2D eigenvalue weighted by Gasteiger charge is 2.22. The largest absolute Gasteiger partial charge is 0.460 e. The van der Waals surface area contributed by atoms with Crippen LogP contribution in [0.25, 0.3) is 11.5 Å². The summed E-state index contributed by atoms with van der Waals surface area (Å²) in [5.41, 5.74) is 2.37. The van der Waals surface area contributed by atoms with Crippen molar-refractivity contribution in [3.63, 3.8) is 0 Å². The summed E-state index contributed by atoms with van der Waals surface area (Å²) in [6.07, 6.45) is 3.60. The minimum atomic E-state index is 0.812. The molecule has 1 aliphatic heterocycles. The lowest BCUT2D eigenvalue weighted by Crippen LogP contribution is -2.16. The predicted molar refractivity (Wildman–Crippen MR) is 70.4 cm³/mol. The second-order valence-corrected chi connectivity index (χ2v) is 4.87. The molecule has 0 unspecified atom stereocenters. The van der Waals surface area contributed by atoms with Crippen LogP contribution in [-0.2, 0) is 19.5 Å². The van der Waals surface area contributed by atoms with E-state index in [0.29, 0.717) is 0 Å². The average molecular weight is 245 g/mol. The normalized spacial score (nSPS) is 14.8. The van der Waals surface area contributed by atoms with Gasteiger partial charge in [-0.05, 0) is 45.4 Å². The highest BCUT2D eigenvalue weighted by atomic mass is 16.3. The van der Waals surface area contributed by atoms with Crippen LogP contribution in [-0.4, -0.2) is 16.6 Å². The standard InChI is InChI=1S/C14H19N3O/c1-10-6-7-12(18-10)14-11-5-3-4-8-17(11)13(16-14)9-15-2/h6-7,15H,3-5,8-9H2,1-2H3. The molecular formula is C14H19N3O. The molecule has 0 radical (unpaired) electrons. The van der Waals surface area contributed by atoms with Crippen molar-refractivity contribution in [2.24, 2.45) is 0 Å². The van der Waals surface area contributed by atoms with Crippen LogP contribution in [0.15, 0.2) is 16.5 Å². The zero-order chi connectivity index (χ0) is 12.5. The number of fused-ring (bicyclic) bond motifs is 1. The van der Waals surface area contributed by atoms with E-state index in [-0.39, 0.29) is 0 Å². The molecule has 0 aliphatic carbocycles. The van der Waals surface area contributed by atoms with Gasteiger partial charge in [-0.15, -0.1) is 0 Å². The van der Waals surface area contributed by atoms with Gasteiger partial charge in [-0.1, -0.05) is 0 Å². The third-order valence-corrected chi connectivity index (χ3v) is 3.51. The molecule has 0 bridgehead atoms. The van der Waals surface area contributed by atoms with Gasteiger partial charge in [-0.3, -0.25) is 0 Å². The monoisotopic (exact) mass is 245 g/mol. The molecule has 0 atom stereocenters. The minimum absolute atomic E-state index is 0.812. The Morgan fingerprint density at radius 3 is 3.00 bits per heavy atom. The average Bonchev–Trinajstić information content (AvgIpc) is 2.95. The van der Waals surface area contributed by atoms with Crippen LogP contribution >= 0.6 is 0 Å². The maximum Gasteiger partial charge on any atom is 0.154 e. The molecule has 1 aliphatic rings. The number of hydrogen-bond donors (Lipinski definition) is 1. The van der Waals surface area contributed by atoms with Gasteiger partial charge in [0.25, 0.3) is 0 Å². The quantitative estimate of drug-likeness (QED) is 0.903. The summed E-state index contributed by atoms with van der Waals surface area (Å²) >= 11 is 0. The van der Waals surface area contributed by atoms with Gasteiger partial charge < -0.3 is 14.3 Å². The van der Waals surface area contributed by atoms with Crippen LogP contribution < -0.4 is 5.32 Å². The number of hydrogen-bond acceptors (Lipinski definition) is 3. The van der Waals surface area contributed by atoms with E-state index >= 15 is 0 Å². The molecule has 3 rings (SSSR count). The molecule has 0 fully saturated rings. The summed E-state index contributed by atoms with van der Waals surface area (Å²) in [5, 5.41) is 3.19. The van der Waals surface area contributed by atoms with E-state index < -0.39 is 0 Å². The Bertz CT molecular complexity index is 553. The molecule has 4 nitrogen and oxygen atoms in total. The van der Waals surface area contributed by atoms with Crippen LogP contribution in [0.5, 0.6) is 0 Å². The Labute approximate surface area is 107 Å². The first-order chi connectivity index (χ1) is 8.79. The first-order valence-electron chi connectivity index (χ1n) is 6.59. The van der Waals surface area contributed by atoms with Crippen LogP contribution in [0.2, 0.25) is 0 Å². The van der Waals surface area contributed by atoms with Gasteiger partial charge in [0.2, 0.25) is 0 Å². The molecule has 0 saturated carbocycles. The highest BCUT2D eigenvalue weighted by molar-refractivity contribution is 5.57. The van der Waals surface area contributed by atoms with Crippen molar-refractivity contribution in [3.8, 4) is 11.5 Å². The van der Waals surface area contributed by atoms with E-state index in [1.807, 2.05) is 26.1 Å². The summed E-state index contributed by atoms with van der Waals surface area (Å²) in [7, 11) is 1.96. The molecule has 2 aromatic rings. The van der Waals surface area contributed by atoms with Gasteiger partial charge in [0.15, 0.2) is 5.76 Å². The lowest BCUT2D eigenvalue weighted by atomic mass is 10.1. The van der Waals surface area contributed by atoms with Crippen molar-refractivity contribution in [3.05, 3.63) is 29.4 Å². The Balaban J connectivity index is 2.08. The van der Waals surface area contributed by atoms with E-state index in [9.17, 15) is 0 Å². The fourth-order valence-corrected chi connectivity index (χ4v) is 2.67. The molecule has 4 heteroatoms. The predicted octanol–water partition coefficient (Wildman–Crippen LogP) is 2.51. The lowest BCUT2D eigenvalue weighted by Gasteiger charge is -2.17. The molecule has 3 heterocycles. The first-order valence-corrected chi connectivity index (χ1v) is 6.59. The summed E-state index contributed by atoms with van der Waals surface area (Å²) in [4.78, 5) is 4.77. The number of imidazole rings is 1. The van der Waals surface area contributed by atoms with E-state index in [2.05, 4.69) is 9.88 Å². The minimum Gasteiger partial charge on any atom is -0.460 e. The van der Waals surface area contributed by atoms with Gasteiger partial charge >= 0.3 is 0 Å². The topological polar surface area (TPSA) is 43.0 Å². The number of aryl methyl sites for hydroxylation is 1. The Morgan fingerprint density at radius 1 is 1.39 bits per heavy atom. The van der Waals surface area contributed by atoms with Crippen molar-refractivity contribution in [1.29, 1.82) is 0 Å². The third-order valence-electron chi connectivity index (χ3n) is 3.51. The van der Waals surface area contributed by atoms with Crippen molar-refractivity contribution in [2.75, 3.05) is 7.05 Å². The van der Waals surface area contributed by atoms with E-state index in [0.717, 1.165) is 42.5 Å². The summed E-state index contributed by atoms with van der Waals surface area (Å²) in [5.74, 6) is 2.97. The maximum atomic E-state index is 5.73. The van der Waals surface area contributed by atoms with Gasteiger partial charge in [-0.2, -0.15) is 0 Å². The smallest absolute Gasteiger partial charge is 0.154 e. The van der Waals surface area contributed by atoms with Gasteiger partial charge in [0, 0.05) is 12.2 Å². The second kappa shape index (κ2) is 4.61. The fourth-order valence-electron chi connectivity index (χ4n) is 2.67. The Kier molecular flexibility index (Phi) is 2.96. The van der Waals surface area contributed by atoms with Crippen molar-refractivity contribution >= 4 is 0 Å². The molecule has 0 aromatic carbocycles. The van der Waals surface area contributed by atoms with Crippen molar-refractivity contribution in [2.45, 2.75) is 39.3 Å². The zero-order valence-corrected chi connectivity index (χ0v) is 11.0. The number of furan rings is 1. The van der Waals surface area contributed by atoms with Crippen molar-refractivity contribution in [1.82, 2.24) is 14.9 Å². The van der Waals surface area contributed by atoms with Gasteiger partial charge in [0.1, 0.15) is 17.3 Å². The molecule has 1 N–H and O–H groups in total. The fraction of sp³-hybridized carbons (Fsp3) is 0.500. The van der Waals surface area contributed by atoms with Gasteiger partial charge in [-0.25, -0.2) is 4.98 Å². The summed E-state index contributed by atoms with van der Waals surface area (Å²) < 4.78 is 8.09. The molecule has 2 aromatic heterocycles. The number of nitrogens with one attached hydrogen (secondary N) is 1. The van der Waals surface area contributed by atoms with Crippen LogP contribution in [0.1, 0.15) is 30.1 Å². The maximum absolute atomic E-state index is 5.73. The molecule has 96 valence electrons. The third kappa shape index (κ3) is 1.86. The number of rotatable bonds is 3. The van der Waals surface area contributed by atoms with E-state index in [4.69, 9.17) is 9.40 Å². The molecule has 0 saturated heterocycles. The lowest BCUT2D eigenvalue weighted by molar-refractivity contribution is 0.506. The zero-order valence-electron chi connectivity index (χ0n) is 11.0. The first kappa shape index (κ1) is 11.5. The Morgan fingerprint density at radius 2 is 2.28 bits per heavy atom. The molecular weight excluding hydrogens is 226 g/mol. The van der Waals surface area contributed by atoms with Crippen LogP contribution in [0, 0.1) is 6.92 Å². The number of aromatic nitrogens is 2. The van der Waals surface area contributed by atoms with Gasteiger partial charge in [0.05, 0.1) is 6.54 Å². The van der Waals surface area contributed by atoms with E-state index in [1.54, 1.807) is 0 Å². The molecule has 18 heavy (non-hydrogen) atoms. The number of nitrogens with zero attached hydrogens (tertiary/aromatic N) is 2. The highest BCUT2D eigenvalue weighted by Crippen LogP contribution is 2.29. The Hall–Kier alpha value is -1.55. The van der Waals surface area contributed by atoms with Crippen LogP contribution in [0.4, 0.5) is 0 Å². The summed E-state index contributed by atoms with van der Waals surface area (Å²) in [6, 6.07) is 4.03. The molecule has 0 spiro atoms. The van der Waals surface area contributed by atoms with E-state index in [1.165, 1.54) is 18.5 Å². The van der Waals surface area contributed by atoms with Crippen LogP contribution in [0.3, 0.4) is 0 Å². The SMILES string of the molecule is CNCc1nc(-c2ccc(C)o2)c2n1CCCC2. The van der Waals surface area contributed by atoms with Crippen molar-refractivity contribution < 1.29 is 4.42 Å².